The molecule has 0 spiro atoms. The number of nitrogens with zero attached hydrogens (tertiary/aromatic N) is 2. The number of nitrogens with one attached hydrogen (secondary N) is 2. The summed E-state index contributed by atoms with van der Waals surface area (Å²) in [4.78, 5) is 6.90. The highest BCUT2D eigenvalue weighted by Gasteiger charge is 2.23. The first kappa shape index (κ1) is 24.0. The van der Waals surface area contributed by atoms with Crippen LogP contribution in [0.4, 0.5) is 5.69 Å². The van der Waals surface area contributed by atoms with Crippen molar-refractivity contribution < 1.29 is 9.84 Å². The Morgan fingerprint density at radius 2 is 2.04 bits per heavy atom. The van der Waals surface area contributed by atoms with Crippen LogP contribution in [0.25, 0.3) is 0 Å². The molecule has 0 bridgehead atoms. The lowest BCUT2D eigenvalue weighted by atomic mass is 10.2. The van der Waals surface area contributed by atoms with Gasteiger partial charge in [0, 0.05) is 38.0 Å². The van der Waals surface area contributed by atoms with Crippen molar-refractivity contribution in [1.82, 2.24) is 10.6 Å². The van der Waals surface area contributed by atoms with Gasteiger partial charge < -0.3 is 25.4 Å². The second kappa shape index (κ2) is 13.2. The van der Waals surface area contributed by atoms with Crippen molar-refractivity contribution in [3.05, 3.63) is 30.3 Å². The van der Waals surface area contributed by atoms with E-state index in [1.165, 1.54) is 5.69 Å². The summed E-state index contributed by atoms with van der Waals surface area (Å²) >= 11 is 0. The third-order valence-electron chi connectivity index (χ3n) is 4.22. The van der Waals surface area contributed by atoms with E-state index in [0.717, 1.165) is 32.0 Å². The second-order valence-electron chi connectivity index (χ2n) is 7.22. The molecule has 1 heterocycles. The number of aliphatic hydroxyl groups is 1. The summed E-state index contributed by atoms with van der Waals surface area (Å²) in [7, 11) is 0. The van der Waals surface area contributed by atoms with E-state index in [-0.39, 0.29) is 24.0 Å². The topological polar surface area (TPSA) is 69.1 Å². The summed E-state index contributed by atoms with van der Waals surface area (Å²) in [5.74, 6) is 1.23. The smallest absolute Gasteiger partial charge is 0.191 e. The number of rotatable bonds is 9. The van der Waals surface area contributed by atoms with Gasteiger partial charge in [-0.05, 0) is 31.4 Å². The van der Waals surface area contributed by atoms with Gasteiger partial charge in [0.25, 0.3) is 0 Å². The molecular weight excluding hydrogens is 455 g/mol. The Labute approximate surface area is 180 Å². The van der Waals surface area contributed by atoms with Crippen molar-refractivity contribution in [2.75, 3.05) is 44.3 Å². The summed E-state index contributed by atoms with van der Waals surface area (Å²) in [5.41, 5.74) is 1.26. The fourth-order valence-electron chi connectivity index (χ4n) is 2.95. The highest BCUT2D eigenvalue weighted by atomic mass is 127. The lowest BCUT2D eigenvalue weighted by Gasteiger charge is -2.20. The zero-order valence-corrected chi connectivity index (χ0v) is 19.1. The maximum atomic E-state index is 10.0. The van der Waals surface area contributed by atoms with Gasteiger partial charge in [0.2, 0.25) is 0 Å². The molecular formula is C20H35IN4O2. The standard InChI is InChI=1S/C20H34N4O2.HI/c1-4-21-20(22-12-19(25)15-26-14-16(2)3)23-17-10-11-24(13-17)18-8-6-5-7-9-18;/h5-9,16-17,19,25H,4,10-15H2,1-3H3,(H2,21,22,23);1H. The molecule has 2 rings (SSSR count). The quantitative estimate of drug-likeness (QED) is 0.282. The molecule has 3 N–H and O–H groups in total. The minimum Gasteiger partial charge on any atom is -0.389 e. The molecule has 1 aliphatic rings. The molecule has 0 aliphatic carbocycles. The Kier molecular flexibility index (Phi) is 11.7. The molecule has 0 radical (unpaired) electrons. The predicted molar refractivity (Wildman–Crippen MR) is 123 cm³/mol. The Balaban J connectivity index is 0.00000364. The summed E-state index contributed by atoms with van der Waals surface area (Å²) < 4.78 is 5.48. The van der Waals surface area contributed by atoms with E-state index in [0.29, 0.717) is 31.7 Å². The number of aliphatic hydroxyl groups excluding tert-OH is 1. The molecule has 0 amide bonds. The molecule has 1 fully saturated rings. The SMILES string of the molecule is CCNC(=NCC(O)COCC(C)C)NC1CCN(c2ccccc2)C1.I. The molecule has 0 saturated carbocycles. The predicted octanol–water partition coefficient (Wildman–Crippen LogP) is 2.47. The maximum absolute atomic E-state index is 10.0. The van der Waals surface area contributed by atoms with Crippen LogP contribution in [0.3, 0.4) is 0 Å². The number of aliphatic imine (C=N–C) groups is 1. The van der Waals surface area contributed by atoms with E-state index in [9.17, 15) is 5.11 Å². The van der Waals surface area contributed by atoms with Crippen molar-refractivity contribution in [3.8, 4) is 0 Å². The Morgan fingerprint density at radius 3 is 2.70 bits per heavy atom. The molecule has 2 atom stereocenters. The molecule has 1 aliphatic heterocycles. The number of benzene rings is 1. The van der Waals surface area contributed by atoms with Gasteiger partial charge in [-0.2, -0.15) is 0 Å². The Morgan fingerprint density at radius 1 is 1.30 bits per heavy atom. The second-order valence-corrected chi connectivity index (χ2v) is 7.22. The zero-order chi connectivity index (χ0) is 18.8. The summed E-state index contributed by atoms with van der Waals surface area (Å²) in [6, 6.07) is 10.8. The average molecular weight is 490 g/mol. The minimum atomic E-state index is -0.575. The number of anilines is 1. The van der Waals surface area contributed by atoms with Gasteiger partial charge >= 0.3 is 0 Å². The number of hydrogen-bond donors (Lipinski definition) is 3. The monoisotopic (exact) mass is 490 g/mol. The van der Waals surface area contributed by atoms with Crippen molar-refractivity contribution >= 4 is 35.6 Å². The van der Waals surface area contributed by atoms with E-state index in [1.54, 1.807) is 0 Å². The van der Waals surface area contributed by atoms with Gasteiger partial charge in [-0.1, -0.05) is 32.0 Å². The van der Waals surface area contributed by atoms with E-state index in [4.69, 9.17) is 4.74 Å². The molecule has 1 aromatic rings. The normalized spacial score (nSPS) is 18.3. The van der Waals surface area contributed by atoms with Crippen molar-refractivity contribution in [2.24, 2.45) is 10.9 Å². The van der Waals surface area contributed by atoms with E-state index >= 15 is 0 Å². The fourth-order valence-corrected chi connectivity index (χ4v) is 2.95. The van der Waals surface area contributed by atoms with E-state index < -0.39 is 6.10 Å². The van der Waals surface area contributed by atoms with E-state index in [1.807, 2.05) is 13.0 Å². The van der Waals surface area contributed by atoms with Crippen LogP contribution < -0.4 is 15.5 Å². The van der Waals surface area contributed by atoms with Crippen LogP contribution in [0.15, 0.2) is 35.3 Å². The van der Waals surface area contributed by atoms with Crippen LogP contribution in [0.1, 0.15) is 27.2 Å². The first-order chi connectivity index (χ1) is 12.6. The van der Waals surface area contributed by atoms with Gasteiger partial charge in [-0.3, -0.25) is 4.99 Å². The molecule has 0 aromatic heterocycles. The largest absolute Gasteiger partial charge is 0.389 e. The van der Waals surface area contributed by atoms with Gasteiger partial charge in [0.1, 0.15) is 0 Å². The summed E-state index contributed by atoms with van der Waals surface area (Å²) in [5, 5.41) is 16.8. The van der Waals surface area contributed by atoms with Gasteiger partial charge in [0.05, 0.1) is 19.3 Å². The lowest BCUT2D eigenvalue weighted by molar-refractivity contribution is 0.0301. The van der Waals surface area contributed by atoms with Gasteiger partial charge in [-0.25, -0.2) is 0 Å². The zero-order valence-electron chi connectivity index (χ0n) is 16.7. The summed E-state index contributed by atoms with van der Waals surface area (Å²) in [6.45, 7) is 10.3. The first-order valence-electron chi connectivity index (χ1n) is 9.69. The van der Waals surface area contributed by atoms with Crippen LogP contribution >= 0.6 is 24.0 Å². The Hall–Kier alpha value is -1.06. The van der Waals surface area contributed by atoms with Crippen molar-refractivity contribution in [3.63, 3.8) is 0 Å². The highest BCUT2D eigenvalue weighted by molar-refractivity contribution is 14.0. The van der Waals surface area contributed by atoms with Crippen LogP contribution in [-0.2, 0) is 4.74 Å². The molecule has 2 unspecified atom stereocenters. The van der Waals surface area contributed by atoms with Gasteiger partial charge in [0.15, 0.2) is 5.96 Å². The van der Waals surface area contributed by atoms with Crippen LogP contribution in [-0.4, -0.2) is 62.6 Å². The number of hydrogen-bond acceptors (Lipinski definition) is 4. The lowest BCUT2D eigenvalue weighted by Crippen LogP contribution is -2.45. The highest BCUT2D eigenvalue weighted by Crippen LogP contribution is 2.19. The van der Waals surface area contributed by atoms with Crippen molar-refractivity contribution in [2.45, 2.75) is 39.3 Å². The third kappa shape index (κ3) is 9.12. The van der Waals surface area contributed by atoms with Crippen LogP contribution in [0.2, 0.25) is 0 Å². The number of guanidine groups is 1. The number of para-hydroxylation sites is 1. The molecule has 154 valence electrons. The summed E-state index contributed by atoms with van der Waals surface area (Å²) in [6.07, 6.45) is 0.493. The molecule has 27 heavy (non-hydrogen) atoms. The third-order valence-corrected chi connectivity index (χ3v) is 4.22. The molecule has 6 nitrogen and oxygen atoms in total. The first-order valence-corrected chi connectivity index (χ1v) is 9.69. The molecule has 1 aromatic carbocycles. The molecule has 7 heteroatoms. The number of ether oxygens (including phenoxy) is 1. The molecule has 1 saturated heterocycles. The Bertz CT molecular complexity index is 542. The number of halogens is 1. The average Bonchev–Trinajstić information content (AvgIpc) is 3.09. The fraction of sp³-hybridized carbons (Fsp3) is 0.650. The van der Waals surface area contributed by atoms with Gasteiger partial charge in [-0.15, -0.1) is 24.0 Å². The van der Waals surface area contributed by atoms with Crippen LogP contribution in [0.5, 0.6) is 0 Å². The van der Waals surface area contributed by atoms with E-state index in [2.05, 4.69) is 58.6 Å². The maximum Gasteiger partial charge on any atom is 0.191 e. The minimum absolute atomic E-state index is 0. The van der Waals surface area contributed by atoms with Crippen molar-refractivity contribution in [1.29, 1.82) is 0 Å². The van der Waals surface area contributed by atoms with Crippen LogP contribution in [0, 0.1) is 5.92 Å².